The Hall–Kier alpha value is -2.40. The van der Waals surface area contributed by atoms with Crippen LogP contribution in [0.3, 0.4) is 0 Å². The number of hydrogen-bond acceptors (Lipinski definition) is 2. The third-order valence-corrected chi connectivity index (χ3v) is 4.11. The molecular formula is C22H26N2. The van der Waals surface area contributed by atoms with Gasteiger partial charge in [-0.2, -0.15) is 5.26 Å². The normalized spacial score (nSPS) is 12.8. The minimum Gasteiger partial charge on any atom is -0.265 e. The van der Waals surface area contributed by atoms with Gasteiger partial charge in [-0.1, -0.05) is 59.7 Å². The van der Waals surface area contributed by atoms with Gasteiger partial charge in [-0.25, -0.2) is 0 Å². The second kappa shape index (κ2) is 6.61. The summed E-state index contributed by atoms with van der Waals surface area (Å²) in [6.07, 6.45) is 5.40. The molecule has 0 aliphatic heterocycles. The number of nitriles is 1. The molecule has 0 fully saturated rings. The number of allylic oxidation sites excluding steroid dienone is 1. The highest BCUT2D eigenvalue weighted by atomic mass is 14.6. The maximum absolute atomic E-state index is 9.56. The van der Waals surface area contributed by atoms with E-state index in [0.29, 0.717) is 5.57 Å². The Bertz CT molecular complexity index is 747. The monoisotopic (exact) mass is 318 g/mol. The van der Waals surface area contributed by atoms with Gasteiger partial charge in [-0.15, -0.1) is 0 Å². The Morgan fingerprint density at radius 2 is 1.42 bits per heavy atom. The second-order valence-corrected chi connectivity index (χ2v) is 8.25. The van der Waals surface area contributed by atoms with E-state index in [9.17, 15) is 5.26 Å². The number of benzene rings is 1. The van der Waals surface area contributed by atoms with Crippen LogP contribution in [0.5, 0.6) is 0 Å². The molecule has 0 N–H and O–H groups in total. The fourth-order valence-electron chi connectivity index (χ4n) is 2.48. The van der Waals surface area contributed by atoms with Gasteiger partial charge in [0.15, 0.2) is 0 Å². The summed E-state index contributed by atoms with van der Waals surface area (Å²) < 4.78 is 0. The number of nitrogens with zero attached hydrogens (tertiary/aromatic N) is 2. The molecule has 0 amide bonds. The highest BCUT2D eigenvalue weighted by Gasteiger charge is 2.20. The third kappa shape index (κ3) is 4.32. The molecule has 2 rings (SSSR count). The van der Waals surface area contributed by atoms with Gasteiger partial charge < -0.3 is 0 Å². The van der Waals surface area contributed by atoms with Crippen LogP contribution in [-0.2, 0) is 10.8 Å². The van der Waals surface area contributed by atoms with Crippen molar-refractivity contribution in [1.29, 1.82) is 5.26 Å². The minimum absolute atomic E-state index is 0.0628. The van der Waals surface area contributed by atoms with E-state index >= 15 is 0 Å². The highest BCUT2D eigenvalue weighted by Crippen LogP contribution is 2.31. The van der Waals surface area contributed by atoms with Crippen LogP contribution in [0.2, 0.25) is 0 Å². The van der Waals surface area contributed by atoms with E-state index in [1.165, 1.54) is 11.1 Å². The largest absolute Gasteiger partial charge is 0.265 e. The first-order valence-electron chi connectivity index (χ1n) is 8.29. The average Bonchev–Trinajstić information content (AvgIpc) is 2.51. The third-order valence-electron chi connectivity index (χ3n) is 4.11. The molecule has 2 aromatic rings. The summed E-state index contributed by atoms with van der Waals surface area (Å²) in [4.78, 5) is 4.03. The average molecular weight is 318 g/mol. The maximum atomic E-state index is 9.56. The Morgan fingerprint density at radius 1 is 0.917 bits per heavy atom. The Balaban J connectivity index is 2.61. The van der Waals surface area contributed by atoms with Crippen molar-refractivity contribution in [3.8, 4) is 6.07 Å². The van der Waals surface area contributed by atoms with Crippen LogP contribution in [0, 0.1) is 11.3 Å². The van der Waals surface area contributed by atoms with Crippen LogP contribution in [-0.4, -0.2) is 4.98 Å². The predicted octanol–water partition coefficient (Wildman–Crippen LogP) is 5.74. The molecule has 0 bridgehead atoms. The molecule has 0 unspecified atom stereocenters. The van der Waals surface area contributed by atoms with Gasteiger partial charge in [0.25, 0.3) is 0 Å². The topological polar surface area (TPSA) is 36.7 Å². The molecule has 124 valence electrons. The van der Waals surface area contributed by atoms with Gasteiger partial charge in [0, 0.05) is 12.4 Å². The van der Waals surface area contributed by atoms with E-state index in [1.807, 2.05) is 18.2 Å². The zero-order valence-electron chi connectivity index (χ0n) is 15.5. The Kier molecular flexibility index (Phi) is 4.94. The van der Waals surface area contributed by atoms with E-state index in [2.05, 4.69) is 70.8 Å². The summed E-state index contributed by atoms with van der Waals surface area (Å²) in [6, 6.07) is 12.7. The van der Waals surface area contributed by atoms with Crippen LogP contribution in [0.1, 0.15) is 63.8 Å². The van der Waals surface area contributed by atoms with Gasteiger partial charge in [-0.05, 0) is 51.3 Å². The summed E-state index contributed by atoms with van der Waals surface area (Å²) in [7, 11) is 0. The van der Waals surface area contributed by atoms with Crippen molar-refractivity contribution in [3.05, 3.63) is 65.0 Å². The number of rotatable bonds is 2. The fraction of sp³-hybridized carbons (Fsp3) is 0.364. The molecule has 1 heterocycles. The van der Waals surface area contributed by atoms with Gasteiger partial charge in [0.2, 0.25) is 0 Å². The quantitative estimate of drug-likeness (QED) is 0.662. The molecule has 0 atom stereocenters. The molecule has 2 heteroatoms. The molecule has 0 aliphatic rings. The molecule has 0 radical (unpaired) electrons. The molecule has 0 spiro atoms. The first kappa shape index (κ1) is 17.9. The van der Waals surface area contributed by atoms with Crippen LogP contribution in [0.25, 0.3) is 11.6 Å². The van der Waals surface area contributed by atoms with E-state index in [0.717, 1.165) is 11.1 Å². The highest BCUT2D eigenvalue weighted by molar-refractivity contribution is 5.89. The first-order valence-corrected chi connectivity index (χ1v) is 8.29. The van der Waals surface area contributed by atoms with Crippen molar-refractivity contribution in [2.75, 3.05) is 0 Å². The molecule has 0 saturated carbocycles. The Morgan fingerprint density at radius 3 is 1.83 bits per heavy atom. The molecule has 0 aliphatic carbocycles. The van der Waals surface area contributed by atoms with Crippen LogP contribution in [0.15, 0.2) is 42.7 Å². The van der Waals surface area contributed by atoms with Gasteiger partial charge >= 0.3 is 0 Å². The predicted molar refractivity (Wildman–Crippen MR) is 102 cm³/mol. The molecule has 0 saturated heterocycles. The van der Waals surface area contributed by atoms with E-state index < -0.39 is 0 Å². The van der Waals surface area contributed by atoms with Crippen molar-refractivity contribution >= 4 is 11.6 Å². The summed E-state index contributed by atoms with van der Waals surface area (Å²) >= 11 is 0. The lowest BCUT2D eigenvalue weighted by molar-refractivity contribution is 0.568. The fourth-order valence-corrected chi connectivity index (χ4v) is 2.48. The maximum Gasteiger partial charge on any atom is 0.0998 e. The lowest BCUT2D eigenvalue weighted by Crippen LogP contribution is -2.16. The van der Waals surface area contributed by atoms with Crippen molar-refractivity contribution < 1.29 is 0 Å². The molecule has 1 aromatic heterocycles. The van der Waals surface area contributed by atoms with Crippen LogP contribution >= 0.6 is 0 Å². The summed E-state index contributed by atoms with van der Waals surface area (Å²) in [5, 5.41) is 9.56. The standard InChI is InChI=1S/C22H26N2/c1-21(2,3)19-12-16(13-20(14-19)22(4,5)6)11-18(15-23)17-7-9-24-10-8-17/h7-14H,1-6H3. The zero-order chi connectivity index (χ0) is 18.0. The summed E-state index contributed by atoms with van der Waals surface area (Å²) in [5.41, 5.74) is 5.32. The summed E-state index contributed by atoms with van der Waals surface area (Å²) in [5.74, 6) is 0. The van der Waals surface area contributed by atoms with Crippen LogP contribution in [0.4, 0.5) is 0 Å². The van der Waals surface area contributed by atoms with E-state index in [1.54, 1.807) is 12.4 Å². The molecule has 2 nitrogen and oxygen atoms in total. The molecular weight excluding hydrogens is 292 g/mol. The van der Waals surface area contributed by atoms with Crippen molar-refractivity contribution in [3.63, 3.8) is 0 Å². The van der Waals surface area contributed by atoms with E-state index in [-0.39, 0.29) is 10.8 Å². The van der Waals surface area contributed by atoms with Gasteiger partial charge in [-0.3, -0.25) is 4.98 Å². The SMILES string of the molecule is CC(C)(C)c1cc(C=C(C#N)c2ccncc2)cc(C(C)(C)C)c1. The van der Waals surface area contributed by atoms with Crippen molar-refractivity contribution in [2.45, 2.75) is 52.4 Å². The molecule has 1 aromatic carbocycles. The number of aromatic nitrogens is 1. The molecule has 24 heavy (non-hydrogen) atoms. The lowest BCUT2D eigenvalue weighted by atomic mass is 9.79. The number of hydrogen-bond donors (Lipinski definition) is 0. The first-order chi connectivity index (χ1) is 11.1. The van der Waals surface area contributed by atoms with Gasteiger partial charge in [0.1, 0.15) is 0 Å². The van der Waals surface area contributed by atoms with Crippen molar-refractivity contribution in [1.82, 2.24) is 4.98 Å². The lowest BCUT2D eigenvalue weighted by Gasteiger charge is -2.25. The smallest absolute Gasteiger partial charge is 0.0998 e. The number of pyridine rings is 1. The zero-order valence-corrected chi connectivity index (χ0v) is 15.5. The second-order valence-electron chi connectivity index (χ2n) is 8.25. The van der Waals surface area contributed by atoms with E-state index in [4.69, 9.17) is 0 Å². The minimum atomic E-state index is 0.0628. The summed E-state index contributed by atoms with van der Waals surface area (Å²) in [6.45, 7) is 13.3. The van der Waals surface area contributed by atoms with Crippen molar-refractivity contribution in [2.24, 2.45) is 0 Å². The van der Waals surface area contributed by atoms with Gasteiger partial charge in [0.05, 0.1) is 11.6 Å². The van der Waals surface area contributed by atoms with Crippen LogP contribution < -0.4 is 0 Å². The Labute approximate surface area is 145 Å².